The van der Waals surface area contributed by atoms with Crippen LogP contribution in [-0.4, -0.2) is 15.6 Å². The van der Waals surface area contributed by atoms with Crippen molar-refractivity contribution in [3.8, 4) is 0 Å². The second-order valence-corrected chi connectivity index (χ2v) is 3.89. The maximum Gasteiger partial charge on any atom is 0.267 e. The van der Waals surface area contributed by atoms with Crippen molar-refractivity contribution in [2.24, 2.45) is 0 Å². The number of hydrogen-bond acceptors (Lipinski definition) is 2. The lowest BCUT2D eigenvalue weighted by atomic mass is 10.2. The van der Waals surface area contributed by atoms with Crippen LogP contribution in [0.1, 0.15) is 23.0 Å². The Morgan fingerprint density at radius 1 is 1.33 bits per heavy atom. The Hall–Kier alpha value is -2.24. The average molecular weight is 252 g/mol. The predicted octanol–water partition coefficient (Wildman–Crippen LogP) is 1.71. The summed E-state index contributed by atoms with van der Waals surface area (Å²) in [5.41, 5.74) is -0.297. The summed E-state index contributed by atoms with van der Waals surface area (Å²) in [5, 5.41) is 2.54. The zero-order valence-corrected chi connectivity index (χ0v) is 9.54. The summed E-state index contributed by atoms with van der Waals surface area (Å²) < 4.78 is 27.4. The van der Waals surface area contributed by atoms with Gasteiger partial charge in [-0.3, -0.25) is 14.7 Å². The molecule has 2 rings (SSSR count). The highest BCUT2D eigenvalue weighted by Gasteiger charge is 2.10. The smallest absolute Gasteiger partial charge is 0.267 e. The summed E-state index contributed by atoms with van der Waals surface area (Å²) in [6.45, 7) is 1.15. The number of Topliss-reactive ketones (excluding diaryl/α,β-unsaturated/α-hetero) is 1. The zero-order chi connectivity index (χ0) is 13.3. The fraction of sp³-hybridized carbons (Fsp3) is 0.167. The van der Waals surface area contributed by atoms with E-state index in [1.54, 1.807) is 0 Å². The first-order chi connectivity index (χ1) is 8.47. The number of aromatic amines is 1. The number of carbonyl (C=O) groups excluding carboxylic acids is 1. The van der Waals surface area contributed by atoms with Gasteiger partial charge in [-0.05, 0) is 18.2 Å². The Kier molecular flexibility index (Phi) is 3.10. The lowest BCUT2D eigenvalue weighted by Gasteiger charge is -2.04. The highest BCUT2D eigenvalue weighted by atomic mass is 19.1. The number of hydrogen-bond donors (Lipinski definition) is 1. The number of benzene rings is 1. The van der Waals surface area contributed by atoms with E-state index in [9.17, 15) is 18.4 Å². The zero-order valence-electron chi connectivity index (χ0n) is 9.54. The van der Waals surface area contributed by atoms with Crippen molar-refractivity contribution in [1.29, 1.82) is 0 Å². The van der Waals surface area contributed by atoms with Gasteiger partial charge in [-0.25, -0.2) is 13.5 Å². The molecule has 94 valence electrons. The van der Waals surface area contributed by atoms with Gasteiger partial charge in [0.1, 0.15) is 17.3 Å². The Labute approximate surface area is 101 Å². The second kappa shape index (κ2) is 4.56. The molecule has 1 heterocycles. The number of H-pyrrole nitrogens is 1. The molecule has 0 atom stereocenters. The highest BCUT2D eigenvalue weighted by molar-refractivity contribution is 5.91. The monoisotopic (exact) mass is 252 g/mol. The minimum atomic E-state index is -0.609. The van der Waals surface area contributed by atoms with Gasteiger partial charge in [0.2, 0.25) is 0 Å². The third kappa shape index (κ3) is 2.37. The molecule has 1 aromatic carbocycles. The van der Waals surface area contributed by atoms with Crippen LogP contribution < -0.4 is 5.56 Å². The second-order valence-electron chi connectivity index (χ2n) is 3.89. The number of ketones is 1. The normalized spacial score (nSPS) is 10.6. The number of nitrogens with one attached hydrogen (secondary N) is 1. The number of halogens is 2. The van der Waals surface area contributed by atoms with Crippen molar-refractivity contribution in [3.05, 3.63) is 57.5 Å². The van der Waals surface area contributed by atoms with Gasteiger partial charge in [-0.15, -0.1) is 0 Å². The van der Waals surface area contributed by atoms with E-state index in [1.807, 2.05) is 0 Å². The molecule has 0 unspecified atom stereocenters. The molecular weight excluding hydrogens is 242 g/mol. The number of nitrogens with zero attached hydrogens (tertiary/aromatic N) is 1. The molecule has 0 aliphatic carbocycles. The Balaban J connectivity index is 2.37. The minimum Gasteiger partial charge on any atom is -0.293 e. The number of rotatable bonds is 3. The Morgan fingerprint density at radius 3 is 2.67 bits per heavy atom. The number of aromatic nitrogens is 2. The van der Waals surface area contributed by atoms with Gasteiger partial charge in [0.05, 0.1) is 6.54 Å². The molecule has 18 heavy (non-hydrogen) atoms. The van der Waals surface area contributed by atoms with E-state index < -0.39 is 17.2 Å². The fourth-order valence-corrected chi connectivity index (χ4v) is 1.57. The first kappa shape index (κ1) is 12.2. The lowest BCUT2D eigenvalue weighted by Crippen LogP contribution is -2.17. The van der Waals surface area contributed by atoms with Crippen LogP contribution in [0.5, 0.6) is 0 Å². The van der Waals surface area contributed by atoms with E-state index >= 15 is 0 Å². The molecule has 0 radical (unpaired) electrons. The van der Waals surface area contributed by atoms with E-state index in [0.717, 1.165) is 28.9 Å². The third-order valence-electron chi connectivity index (χ3n) is 2.50. The molecule has 4 nitrogen and oxygen atoms in total. The minimum absolute atomic E-state index is 0.0362. The molecule has 0 aliphatic heterocycles. The van der Waals surface area contributed by atoms with Gasteiger partial charge in [-0.2, -0.15) is 0 Å². The predicted molar refractivity (Wildman–Crippen MR) is 60.5 cm³/mol. The van der Waals surface area contributed by atoms with Crippen LogP contribution in [-0.2, 0) is 6.54 Å². The van der Waals surface area contributed by atoms with E-state index in [0.29, 0.717) is 0 Å². The van der Waals surface area contributed by atoms with Crippen molar-refractivity contribution in [2.75, 3.05) is 0 Å². The molecule has 0 amide bonds. The van der Waals surface area contributed by atoms with Crippen LogP contribution in [0.25, 0.3) is 0 Å². The van der Waals surface area contributed by atoms with Gasteiger partial charge in [0.15, 0.2) is 5.78 Å². The summed E-state index contributed by atoms with van der Waals surface area (Å²) in [6.07, 6.45) is 0. The van der Waals surface area contributed by atoms with E-state index in [-0.39, 0.29) is 23.6 Å². The fourth-order valence-electron chi connectivity index (χ4n) is 1.57. The van der Waals surface area contributed by atoms with Crippen molar-refractivity contribution in [2.45, 2.75) is 13.5 Å². The third-order valence-corrected chi connectivity index (χ3v) is 2.50. The maximum atomic E-state index is 13.4. The SMILES string of the molecule is CC(=O)c1cc(=O)n(Cc2cc(F)ccc2F)[nH]1. The van der Waals surface area contributed by atoms with E-state index in [4.69, 9.17) is 0 Å². The highest BCUT2D eigenvalue weighted by Crippen LogP contribution is 2.10. The molecule has 0 bridgehead atoms. The summed E-state index contributed by atoms with van der Waals surface area (Å²) in [6, 6.07) is 4.12. The Bertz CT molecular complexity index is 658. The molecule has 0 saturated carbocycles. The quantitative estimate of drug-likeness (QED) is 0.845. The van der Waals surface area contributed by atoms with Crippen molar-refractivity contribution >= 4 is 5.78 Å². The van der Waals surface area contributed by atoms with E-state index in [2.05, 4.69) is 5.10 Å². The molecule has 0 aliphatic rings. The van der Waals surface area contributed by atoms with Crippen LogP contribution in [0.2, 0.25) is 0 Å². The summed E-state index contributed by atoms with van der Waals surface area (Å²) in [7, 11) is 0. The number of carbonyl (C=O) groups is 1. The van der Waals surface area contributed by atoms with Crippen LogP contribution >= 0.6 is 0 Å². The van der Waals surface area contributed by atoms with Gasteiger partial charge in [0, 0.05) is 18.6 Å². The molecule has 1 N–H and O–H groups in total. The first-order valence-corrected chi connectivity index (χ1v) is 5.22. The van der Waals surface area contributed by atoms with Crippen LogP contribution in [0, 0.1) is 11.6 Å². The van der Waals surface area contributed by atoms with Gasteiger partial charge in [0.25, 0.3) is 5.56 Å². The largest absolute Gasteiger partial charge is 0.293 e. The van der Waals surface area contributed by atoms with Crippen molar-refractivity contribution < 1.29 is 13.6 Å². The molecule has 0 fully saturated rings. The van der Waals surface area contributed by atoms with Gasteiger partial charge >= 0.3 is 0 Å². The average Bonchev–Trinajstić information content (AvgIpc) is 2.66. The molecular formula is C12H10F2N2O2. The molecule has 1 aromatic heterocycles. The summed E-state index contributed by atoms with van der Waals surface area (Å²) >= 11 is 0. The Morgan fingerprint density at radius 2 is 2.06 bits per heavy atom. The van der Waals surface area contributed by atoms with Gasteiger partial charge in [-0.1, -0.05) is 0 Å². The molecule has 0 spiro atoms. The van der Waals surface area contributed by atoms with Crippen LogP contribution in [0.3, 0.4) is 0 Å². The topological polar surface area (TPSA) is 54.9 Å². The lowest BCUT2D eigenvalue weighted by molar-refractivity contribution is 0.101. The van der Waals surface area contributed by atoms with Crippen LogP contribution in [0.15, 0.2) is 29.1 Å². The molecule has 6 heteroatoms. The van der Waals surface area contributed by atoms with Crippen molar-refractivity contribution in [1.82, 2.24) is 9.78 Å². The van der Waals surface area contributed by atoms with Crippen molar-refractivity contribution in [3.63, 3.8) is 0 Å². The van der Waals surface area contributed by atoms with E-state index in [1.165, 1.54) is 6.92 Å². The summed E-state index contributed by atoms with van der Waals surface area (Å²) in [4.78, 5) is 22.6. The maximum absolute atomic E-state index is 13.4. The molecule has 2 aromatic rings. The first-order valence-electron chi connectivity index (χ1n) is 5.22. The summed E-state index contributed by atoms with van der Waals surface area (Å²) in [5.74, 6) is -1.49. The van der Waals surface area contributed by atoms with Gasteiger partial charge < -0.3 is 0 Å². The molecule has 0 saturated heterocycles. The standard InChI is InChI=1S/C12H10F2N2O2/c1-7(17)11-5-12(18)16(15-11)6-8-4-9(13)2-3-10(8)14/h2-5,15H,6H2,1H3. The van der Waals surface area contributed by atoms with Crippen LogP contribution in [0.4, 0.5) is 8.78 Å².